The minimum Gasteiger partial charge on any atom is -0.453 e. The maximum absolute atomic E-state index is 12.5. The summed E-state index contributed by atoms with van der Waals surface area (Å²) in [4.78, 5) is 29.5. The number of amides is 2. The molecule has 0 aliphatic carbocycles. The predicted octanol–water partition coefficient (Wildman–Crippen LogP) is 1.87. The third-order valence-electron chi connectivity index (χ3n) is 3.44. The topological polar surface area (TPSA) is 71.5 Å². The van der Waals surface area contributed by atoms with Crippen molar-refractivity contribution in [3.63, 3.8) is 0 Å². The van der Waals surface area contributed by atoms with Gasteiger partial charge in [0.1, 0.15) is 5.15 Å². The molecule has 2 amide bonds. The fourth-order valence-corrected chi connectivity index (χ4v) is 2.55. The van der Waals surface area contributed by atoms with Crippen LogP contribution in [0.1, 0.15) is 29.4 Å². The van der Waals surface area contributed by atoms with Gasteiger partial charge in [-0.3, -0.25) is 4.79 Å². The molecule has 1 N–H and O–H groups in total. The van der Waals surface area contributed by atoms with Crippen LogP contribution in [-0.4, -0.2) is 48.1 Å². The van der Waals surface area contributed by atoms with Crippen LogP contribution < -0.4 is 5.32 Å². The maximum Gasteiger partial charge on any atom is 0.407 e. The first-order valence-corrected chi connectivity index (χ1v) is 7.21. The Labute approximate surface area is 128 Å². The van der Waals surface area contributed by atoms with Crippen molar-refractivity contribution in [2.24, 2.45) is 0 Å². The molecule has 1 aliphatic heterocycles. The van der Waals surface area contributed by atoms with Gasteiger partial charge < -0.3 is 15.0 Å². The summed E-state index contributed by atoms with van der Waals surface area (Å²) in [6, 6.07) is 3.25. The fraction of sp³-hybridized carbons (Fsp3) is 0.500. The first kappa shape index (κ1) is 15.6. The number of nitrogens with one attached hydrogen (secondary N) is 1. The maximum atomic E-state index is 12.5. The van der Waals surface area contributed by atoms with E-state index >= 15 is 0 Å². The molecule has 0 spiro atoms. The summed E-state index contributed by atoms with van der Waals surface area (Å²) in [6.07, 6.45) is 0.947. The van der Waals surface area contributed by atoms with Gasteiger partial charge in [-0.1, -0.05) is 18.5 Å². The van der Waals surface area contributed by atoms with Gasteiger partial charge in [-0.25, -0.2) is 9.78 Å². The third kappa shape index (κ3) is 3.85. The summed E-state index contributed by atoms with van der Waals surface area (Å²) in [5.74, 6) is -0.0943. The van der Waals surface area contributed by atoms with Crippen LogP contribution in [0.2, 0.25) is 5.15 Å². The van der Waals surface area contributed by atoms with E-state index in [4.69, 9.17) is 11.6 Å². The second kappa shape index (κ2) is 6.76. The van der Waals surface area contributed by atoms with Crippen molar-refractivity contribution >= 4 is 23.6 Å². The molecule has 2 heterocycles. The number of rotatable bonds is 3. The van der Waals surface area contributed by atoms with E-state index in [1.807, 2.05) is 6.92 Å². The Kier molecular flexibility index (Phi) is 5.01. The van der Waals surface area contributed by atoms with E-state index in [0.717, 1.165) is 5.69 Å². The van der Waals surface area contributed by atoms with Crippen molar-refractivity contribution in [2.75, 3.05) is 20.2 Å². The van der Waals surface area contributed by atoms with Crippen LogP contribution >= 0.6 is 11.6 Å². The van der Waals surface area contributed by atoms with E-state index < -0.39 is 6.09 Å². The Bertz CT molecular complexity index is 550. The second-order valence-corrected chi connectivity index (χ2v) is 5.28. The average molecular weight is 312 g/mol. The van der Waals surface area contributed by atoms with E-state index in [0.29, 0.717) is 36.6 Å². The minimum atomic E-state index is -0.477. The van der Waals surface area contributed by atoms with Crippen LogP contribution in [0.25, 0.3) is 0 Å². The van der Waals surface area contributed by atoms with Gasteiger partial charge in [-0.05, 0) is 25.0 Å². The smallest absolute Gasteiger partial charge is 0.407 e. The number of aromatic nitrogens is 1. The Balaban J connectivity index is 2.04. The molecule has 1 saturated heterocycles. The summed E-state index contributed by atoms with van der Waals surface area (Å²) in [5, 5.41) is 3.03. The van der Waals surface area contributed by atoms with Crippen LogP contribution in [0.15, 0.2) is 12.1 Å². The van der Waals surface area contributed by atoms with Gasteiger partial charge in [-0.15, -0.1) is 0 Å². The highest BCUT2D eigenvalue weighted by atomic mass is 35.5. The average Bonchev–Trinajstić information content (AvgIpc) is 2.93. The quantitative estimate of drug-likeness (QED) is 0.865. The van der Waals surface area contributed by atoms with Gasteiger partial charge in [0.15, 0.2) is 0 Å². The van der Waals surface area contributed by atoms with Gasteiger partial charge >= 0.3 is 6.09 Å². The largest absolute Gasteiger partial charge is 0.453 e. The number of aryl methyl sites for hydroxylation is 1. The molecule has 6 nitrogen and oxygen atoms in total. The number of hydrogen-bond acceptors (Lipinski definition) is 4. The highest BCUT2D eigenvalue weighted by Crippen LogP contribution is 2.17. The number of nitrogens with zero attached hydrogens (tertiary/aromatic N) is 2. The zero-order valence-corrected chi connectivity index (χ0v) is 12.8. The number of ether oxygens (including phenoxy) is 1. The van der Waals surface area contributed by atoms with Gasteiger partial charge in [0.2, 0.25) is 0 Å². The molecule has 0 aromatic carbocycles. The van der Waals surface area contributed by atoms with Crippen molar-refractivity contribution in [1.82, 2.24) is 15.2 Å². The van der Waals surface area contributed by atoms with E-state index in [1.54, 1.807) is 17.0 Å². The summed E-state index contributed by atoms with van der Waals surface area (Å²) in [5.41, 5.74) is 1.32. The molecule has 0 saturated carbocycles. The second-order valence-electron chi connectivity index (χ2n) is 4.90. The SMILES string of the molecule is CCc1cc(C(=O)N2CCC(NC(=O)OC)C2)cc(Cl)n1. The van der Waals surface area contributed by atoms with Gasteiger partial charge in [0.25, 0.3) is 5.91 Å². The van der Waals surface area contributed by atoms with E-state index in [-0.39, 0.29) is 11.9 Å². The van der Waals surface area contributed by atoms with Crippen LogP contribution in [0.5, 0.6) is 0 Å². The van der Waals surface area contributed by atoms with Crippen molar-refractivity contribution in [3.8, 4) is 0 Å². The molecule has 0 radical (unpaired) electrons. The number of pyridine rings is 1. The predicted molar refractivity (Wildman–Crippen MR) is 78.5 cm³/mol. The molecule has 0 bridgehead atoms. The van der Waals surface area contributed by atoms with Crippen molar-refractivity contribution < 1.29 is 14.3 Å². The lowest BCUT2D eigenvalue weighted by Crippen LogP contribution is -2.38. The number of halogens is 1. The molecule has 1 aromatic heterocycles. The molecule has 114 valence electrons. The molecule has 2 rings (SSSR count). The number of methoxy groups -OCH3 is 1. The number of hydrogen-bond donors (Lipinski definition) is 1. The van der Waals surface area contributed by atoms with Crippen LogP contribution in [0.3, 0.4) is 0 Å². The summed E-state index contributed by atoms with van der Waals surface area (Å²) in [6.45, 7) is 3.02. The van der Waals surface area contributed by atoms with Crippen LogP contribution in [0.4, 0.5) is 4.79 Å². The summed E-state index contributed by atoms with van der Waals surface area (Å²) < 4.78 is 4.56. The molecule has 21 heavy (non-hydrogen) atoms. The van der Waals surface area contributed by atoms with Crippen molar-refractivity contribution in [3.05, 3.63) is 28.5 Å². The lowest BCUT2D eigenvalue weighted by Gasteiger charge is -2.17. The molecule has 1 aromatic rings. The molecule has 7 heteroatoms. The van der Waals surface area contributed by atoms with Crippen LogP contribution in [0, 0.1) is 0 Å². The van der Waals surface area contributed by atoms with E-state index in [9.17, 15) is 9.59 Å². The van der Waals surface area contributed by atoms with Gasteiger partial charge in [0.05, 0.1) is 13.2 Å². The first-order valence-electron chi connectivity index (χ1n) is 6.83. The van der Waals surface area contributed by atoms with Crippen molar-refractivity contribution in [1.29, 1.82) is 0 Å². The minimum absolute atomic E-state index is 0.0793. The zero-order chi connectivity index (χ0) is 15.4. The number of likely N-dealkylation sites (tertiary alicyclic amines) is 1. The third-order valence-corrected chi connectivity index (χ3v) is 3.63. The molecule has 1 atom stereocenters. The lowest BCUT2D eigenvalue weighted by atomic mass is 10.2. The molecular weight excluding hydrogens is 294 g/mol. The highest BCUT2D eigenvalue weighted by molar-refractivity contribution is 6.29. The molecule has 1 unspecified atom stereocenters. The van der Waals surface area contributed by atoms with E-state index in [2.05, 4.69) is 15.0 Å². The molecule has 1 fully saturated rings. The monoisotopic (exact) mass is 311 g/mol. The Morgan fingerprint density at radius 3 is 2.95 bits per heavy atom. The van der Waals surface area contributed by atoms with Crippen LogP contribution in [-0.2, 0) is 11.2 Å². The number of carbonyl (C=O) groups is 2. The Morgan fingerprint density at radius 1 is 1.52 bits per heavy atom. The summed E-state index contributed by atoms with van der Waals surface area (Å²) >= 11 is 5.94. The van der Waals surface area contributed by atoms with Gasteiger partial charge in [0, 0.05) is 24.3 Å². The number of carbonyl (C=O) groups excluding carboxylic acids is 2. The molecular formula is C14H18ClN3O3. The Hall–Kier alpha value is -1.82. The first-order chi connectivity index (χ1) is 10.0. The highest BCUT2D eigenvalue weighted by Gasteiger charge is 2.28. The Morgan fingerprint density at radius 2 is 2.29 bits per heavy atom. The number of alkyl carbamates (subject to hydrolysis) is 1. The fourth-order valence-electron chi connectivity index (χ4n) is 2.33. The van der Waals surface area contributed by atoms with Gasteiger partial charge in [-0.2, -0.15) is 0 Å². The van der Waals surface area contributed by atoms with Crippen molar-refractivity contribution in [2.45, 2.75) is 25.8 Å². The lowest BCUT2D eigenvalue weighted by molar-refractivity contribution is 0.0788. The summed E-state index contributed by atoms with van der Waals surface area (Å²) in [7, 11) is 1.32. The molecule has 1 aliphatic rings. The van der Waals surface area contributed by atoms with E-state index in [1.165, 1.54) is 7.11 Å². The standard InChI is InChI=1S/C14H18ClN3O3/c1-3-10-6-9(7-12(15)16-10)13(19)18-5-4-11(8-18)17-14(20)21-2/h6-7,11H,3-5,8H2,1-2H3,(H,17,20). The zero-order valence-electron chi connectivity index (χ0n) is 12.1. The normalized spacial score (nSPS) is 17.7.